The third-order valence-corrected chi connectivity index (χ3v) is 4.47. The highest BCUT2D eigenvalue weighted by atomic mass is 19.1. The van der Waals surface area contributed by atoms with Crippen LogP contribution < -0.4 is 9.47 Å². The Labute approximate surface area is 177 Å². The molecule has 4 rings (SSSR count). The molecule has 0 amide bonds. The molecule has 0 aliphatic carbocycles. The first kappa shape index (κ1) is 20.3. The normalized spacial score (nSPS) is 14.4. The highest BCUT2D eigenvalue weighted by Gasteiger charge is 2.24. The van der Waals surface area contributed by atoms with Crippen molar-refractivity contribution in [2.24, 2.45) is 4.99 Å². The summed E-state index contributed by atoms with van der Waals surface area (Å²) in [5.41, 5.74) is 1.76. The van der Waals surface area contributed by atoms with Crippen molar-refractivity contribution in [3.63, 3.8) is 0 Å². The van der Waals surface area contributed by atoms with Gasteiger partial charge in [-0.2, -0.15) is 0 Å². The van der Waals surface area contributed by atoms with Crippen molar-refractivity contribution in [1.82, 2.24) is 0 Å². The Bertz CT molecular complexity index is 1200. The van der Waals surface area contributed by atoms with E-state index in [0.29, 0.717) is 28.2 Å². The van der Waals surface area contributed by atoms with Crippen LogP contribution >= 0.6 is 0 Å². The number of cyclic esters (lactones) is 1. The molecule has 0 radical (unpaired) electrons. The molecule has 0 N–H and O–H groups in total. The Kier molecular flexibility index (Phi) is 5.75. The van der Waals surface area contributed by atoms with Crippen LogP contribution in [0.4, 0.5) is 8.78 Å². The molecule has 0 bridgehead atoms. The lowest BCUT2D eigenvalue weighted by Gasteiger charge is -2.11. The molecule has 31 heavy (non-hydrogen) atoms. The molecule has 7 heteroatoms. The number of hydrogen-bond donors (Lipinski definition) is 0. The van der Waals surface area contributed by atoms with Crippen LogP contribution in [0.2, 0.25) is 0 Å². The molecule has 0 saturated carbocycles. The minimum absolute atomic E-state index is 0.0396. The highest BCUT2D eigenvalue weighted by molar-refractivity contribution is 6.12. The molecular formula is C24H17F2NO4. The highest BCUT2D eigenvalue weighted by Crippen LogP contribution is 2.30. The SMILES string of the molecule is COc1cc(/C=C2\N=C(c3cccc(F)c3)OC2=O)ccc1OCc1cccc(F)c1. The zero-order valence-corrected chi connectivity index (χ0v) is 16.5. The average molecular weight is 421 g/mol. The summed E-state index contributed by atoms with van der Waals surface area (Å²) >= 11 is 0. The third-order valence-electron chi connectivity index (χ3n) is 4.47. The molecule has 0 unspecified atom stereocenters. The van der Waals surface area contributed by atoms with Gasteiger partial charge in [0.15, 0.2) is 17.2 Å². The van der Waals surface area contributed by atoms with Crippen molar-refractivity contribution in [3.05, 3.63) is 101 Å². The van der Waals surface area contributed by atoms with Crippen LogP contribution in [0.3, 0.4) is 0 Å². The summed E-state index contributed by atoms with van der Waals surface area (Å²) in [5, 5.41) is 0. The molecule has 156 valence electrons. The molecule has 1 aliphatic rings. The van der Waals surface area contributed by atoms with Gasteiger partial charge < -0.3 is 14.2 Å². The predicted molar refractivity (Wildman–Crippen MR) is 111 cm³/mol. The lowest BCUT2D eigenvalue weighted by atomic mass is 10.1. The largest absolute Gasteiger partial charge is 0.493 e. The van der Waals surface area contributed by atoms with Gasteiger partial charge in [-0.05, 0) is 59.7 Å². The number of aliphatic imine (C=N–C) groups is 1. The van der Waals surface area contributed by atoms with Gasteiger partial charge in [0.25, 0.3) is 0 Å². The Morgan fingerprint density at radius 2 is 1.74 bits per heavy atom. The fraction of sp³-hybridized carbons (Fsp3) is 0.0833. The van der Waals surface area contributed by atoms with E-state index in [9.17, 15) is 13.6 Å². The Morgan fingerprint density at radius 1 is 0.968 bits per heavy atom. The van der Waals surface area contributed by atoms with Gasteiger partial charge in [-0.1, -0.05) is 24.3 Å². The number of nitrogens with zero attached hydrogens (tertiary/aromatic N) is 1. The molecule has 0 fully saturated rings. The van der Waals surface area contributed by atoms with Crippen molar-refractivity contribution < 1.29 is 27.8 Å². The summed E-state index contributed by atoms with van der Waals surface area (Å²) in [4.78, 5) is 16.3. The van der Waals surface area contributed by atoms with Gasteiger partial charge in [-0.15, -0.1) is 0 Å². The molecule has 1 aliphatic heterocycles. The zero-order chi connectivity index (χ0) is 21.8. The summed E-state index contributed by atoms with van der Waals surface area (Å²) in [6.45, 7) is 0.169. The zero-order valence-electron chi connectivity index (χ0n) is 16.5. The van der Waals surface area contributed by atoms with Crippen molar-refractivity contribution in [2.75, 3.05) is 7.11 Å². The number of rotatable bonds is 6. The van der Waals surface area contributed by atoms with E-state index >= 15 is 0 Å². The molecule has 3 aromatic rings. The van der Waals surface area contributed by atoms with Crippen LogP contribution in [-0.4, -0.2) is 19.0 Å². The molecule has 5 nitrogen and oxygen atoms in total. The summed E-state index contributed by atoms with van der Waals surface area (Å²) in [5.74, 6) is -0.482. The topological polar surface area (TPSA) is 57.1 Å². The van der Waals surface area contributed by atoms with Gasteiger partial charge in [0.05, 0.1) is 7.11 Å². The maximum atomic E-state index is 13.4. The number of methoxy groups -OCH3 is 1. The van der Waals surface area contributed by atoms with Gasteiger partial charge in [0.1, 0.15) is 18.2 Å². The average Bonchev–Trinajstić information content (AvgIpc) is 3.13. The van der Waals surface area contributed by atoms with E-state index in [-0.39, 0.29) is 24.0 Å². The number of ether oxygens (including phenoxy) is 3. The standard InChI is InChI=1S/C24H17F2NO4/c1-29-22-12-15(8-9-21(22)30-14-16-4-2-6-18(25)10-16)11-20-24(28)31-23(27-20)17-5-3-7-19(26)13-17/h2-13H,14H2,1H3/b20-11-. The van der Waals surface area contributed by atoms with Crippen molar-refractivity contribution in [3.8, 4) is 11.5 Å². The second-order valence-electron chi connectivity index (χ2n) is 6.68. The van der Waals surface area contributed by atoms with Crippen LogP contribution in [0, 0.1) is 11.6 Å². The number of carbonyl (C=O) groups excluding carboxylic acids is 1. The Balaban J connectivity index is 1.54. The molecule has 0 aromatic heterocycles. The second-order valence-corrected chi connectivity index (χ2v) is 6.68. The van der Waals surface area contributed by atoms with E-state index in [4.69, 9.17) is 14.2 Å². The smallest absolute Gasteiger partial charge is 0.363 e. The van der Waals surface area contributed by atoms with Crippen LogP contribution in [0.15, 0.2) is 77.4 Å². The van der Waals surface area contributed by atoms with Crippen LogP contribution in [0.25, 0.3) is 6.08 Å². The molecule has 3 aromatic carbocycles. The quantitative estimate of drug-likeness (QED) is 0.420. The van der Waals surface area contributed by atoms with E-state index in [1.165, 1.54) is 43.5 Å². The predicted octanol–water partition coefficient (Wildman–Crippen LogP) is 4.90. The van der Waals surface area contributed by atoms with Gasteiger partial charge in [-0.25, -0.2) is 18.6 Å². The number of benzene rings is 3. The summed E-state index contributed by atoms with van der Waals surface area (Å²) < 4.78 is 43.0. The van der Waals surface area contributed by atoms with Gasteiger partial charge >= 0.3 is 5.97 Å². The molecule has 1 heterocycles. The number of esters is 1. The van der Waals surface area contributed by atoms with Gasteiger partial charge in [-0.3, -0.25) is 0 Å². The first-order valence-corrected chi connectivity index (χ1v) is 9.35. The summed E-state index contributed by atoms with van der Waals surface area (Å²) in [6, 6.07) is 16.9. The van der Waals surface area contributed by atoms with Crippen molar-refractivity contribution >= 4 is 17.9 Å². The maximum absolute atomic E-state index is 13.4. The third kappa shape index (κ3) is 4.78. The molecule has 0 atom stereocenters. The molecule has 0 spiro atoms. The monoisotopic (exact) mass is 421 g/mol. The lowest BCUT2D eigenvalue weighted by Crippen LogP contribution is -2.05. The van der Waals surface area contributed by atoms with Crippen LogP contribution in [0.5, 0.6) is 11.5 Å². The van der Waals surface area contributed by atoms with Crippen LogP contribution in [0.1, 0.15) is 16.7 Å². The lowest BCUT2D eigenvalue weighted by molar-refractivity contribution is -0.129. The van der Waals surface area contributed by atoms with Gasteiger partial charge in [0, 0.05) is 5.56 Å². The van der Waals surface area contributed by atoms with E-state index < -0.39 is 11.8 Å². The minimum atomic E-state index is -0.635. The van der Waals surface area contributed by atoms with E-state index in [1.807, 2.05) is 0 Å². The first-order chi connectivity index (χ1) is 15.0. The second kappa shape index (κ2) is 8.79. The van der Waals surface area contributed by atoms with E-state index in [0.717, 1.165) is 0 Å². The van der Waals surface area contributed by atoms with Crippen LogP contribution in [-0.2, 0) is 16.1 Å². The molecule has 0 saturated heterocycles. The van der Waals surface area contributed by atoms with E-state index in [2.05, 4.69) is 4.99 Å². The van der Waals surface area contributed by atoms with Crippen molar-refractivity contribution in [1.29, 1.82) is 0 Å². The number of halogens is 2. The number of hydrogen-bond acceptors (Lipinski definition) is 5. The minimum Gasteiger partial charge on any atom is -0.493 e. The van der Waals surface area contributed by atoms with Crippen molar-refractivity contribution in [2.45, 2.75) is 6.61 Å². The fourth-order valence-corrected chi connectivity index (χ4v) is 2.99. The summed E-state index contributed by atoms with van der Waals surface area (Å²) in [6.07, 6.45) is 1.54. The fourth-order valence-electron chi connectivity index (χ4n) is 2.99. The number of carbonyl (C=O) groups is 1. The Hall–Kier alpha value is -4.00. The maximum Gasteiger partial charge on any atom is 0.363 e. The van der Waals surface area contributed by atoms with Gasteiger partial charge in [0.2, 0.25) is 5.90 Å². The molecular weight excluding hydrogens is 404 g/mol. The first-order valence-electron chi connectivity index (χ1n) is 9.35. The Morgan fingerprint density at radius 3 is 2.48 bits per heavy atom. The van der Waals surface area contributed by atoms with E-state index in [1.54, 1.807) is 36.4 Å². The summed E-state index contributed by atoms with van der Waals surface area (Å²) in [7, 11) is 1.49.